The molecule has 7 nitrogen and oxygen atoms in total. The third kappa shape index (κ3) is 4.74. The Hall–Kier alpha value is -3.47. The van der Waals surface area contributed by atoms with E-state index in [1.54, 1.807) is 16.8 Å². The Bertz CT molecular complexity index is 1370. The third-order valence-corrected chi connectivity index (χ3v) is 5.58. The normalized spacial score (nSPS) is 11.7. The fourth-order valence-corrected chi connectivity index (χ4v) is 3.83. The van der Waals surface area contributed by atoms with Crippen LogP contribution in [0.15, 0.2) is 36.4 Å². The number of nitrogens with one attached hydrogen (secondary N) is 1. The number of halogens is 5. The number of amides is 1. The van der Waals surface area contributed by atoms with Crippen molar-refractivity contribution in [2.24, 2.45) is 0 Å². The molecule has 0 aliphatic heterocycles. The van der Waals surface area contributed by atoms with Crippen molar-refractivity contribution in [3.63, 3.8) is 0 Å². The Morgan fingerprint density at radius 3 is 2.47 bits per heavy atom. The van der Waals surface area contributed by atoms with Gasteiger partial charge in [0, 0.05) is 22.3 Å². The molecule has 0 atom stereocenters. The van der Waals surface area contributed by atoms with E-state index in [-0.39, 0.29) is 22.5 Å². The number of carbonyl (C=O) groups excluding carboxylic acids is 1. The Morgan fingerprint density at radius 2 is 1.79 bits per heavy atom. The average molecular weight is 495 g/mol. The van der Waals surface area contributed by atoms with E-state index in [0.29, 0.717) is 17.6 Å². The number of anilines is 1. The van der Waals surface area contributed by atoms with Crippen molar-refractivity contribution in [2.45, 2.75) is 39.8 Å². The second kappa shape index (κ2) is 9.41. The molecule has 12 heteroatoms. The van der Waals surface area contributed by atoms with Crippen LogP contribution >= 0.6 is 11.6 Å². The number of hydrogen-bond donors (Lipinski definition) is 1. The number of hydrogen-bond acceptors (Lipinski definition) is 4. The lowest BCUT2D eigenvalue weighted by molar-refractivity contribution is -0.116. The molecule has 1 aromatic carbocycles. The Labute approximate surface area is 196 Å². The molecule has 4 rings (SSSR count). The standard InChI is InChI=1S/C22H19ClF4N6O/c1-11-7-17(31-32(11)9-13-5-3-4-6-15(13)23)29-18(34)10-33-22-19(12(2)30-33)14(20(24)25)8-16(28-22)21(26)27/h3-8,20-21H,9-10H2,1-2H3,(H,29,31,34). The van der Waals surface area contributed by atoms with Crippen LogP contribution in [0.4, 0.5) is 23.4 Å². The van der Waals surface area contributed by atoms with Gasteiger partial charge in [0.1, 0.15) is 12.2 Å². The summed E-state index contributed by atoms with van der Waals surface area (Å²) in [5, 5.41) is 11.6. The Kier molecular flexibility index (Phi) is 6.56. The maximum absolute atomic E-state index is 13.5. The van der Waals surface area contributed by atoms with E-state index < -0.39 is 36.6 Å². The van der Waals surface area contributed by atoms with Gasteiger partial charge in [-0.05, 0) is 31.5 Å². The molecule has 0 aliphatic rings. The maximum atomic E-state index is 13.5. The predicted octanol–water partition coefficient (Wildman–Crippen LogP) is 5.46. The molecule has 1 amide bonds. The van der Waals surface area contributed by atoms with E-state index in [0.717, 1.165) is 15.9 Å². The first-order valence-electron chi connectivity index (χ1n) is 10.2. The highest BCUT2D eigenvalue weighted by atomic mass is 35.5. The number of carbonyl (C=O) groups is 1. The molecule has 4 aromatic rings. The summed E-state index contributed by atoms with van der Waals surface area (Å²) in [4.78, 5) is 16.4. The van der Waals surface area contributed by atoms with Crippen LogP contribution in [0.25, 0.3) is 11.0 Å². The highest BCUT2D eigenvalue weighted by molar-refractivity contribution is 6.31. The van der Waals surface area contributed by atoms with Gasteiger partial charge in [-0.1, -0.05) is 29.8 Å². The number of fused-ring (bicyclic) bond motifs is 1. The van der Waals surface area contributed by atoms with Crippen molar-refractivity contribution in [1.29, 1.82) is 0 Å². The summed E-state index contributed by atoms with van der Waals surface area (Å²) in [7, 11) is 0. The summed E-state index contributed by atoms with van der Waals surface area (Å²) in [6, 6.07) is 9.63. The fraction of sp³-hybridized carbons (Fsp3) is 0.273. The second-order valence-corrected chi connectivity index (χ2v) is 8.05. The van der Waals surface area contributed by atoms with Gasteiger partial charge in [-0.15, -0.1) is 0 Å². The molecule has 0 bridgehead atoms. The van der Waals surface area contributed by atoms with E-state index in [2.05, 4.69) is 20.5 Å². The molecule has 0 saturated heterocycles. The minimum absolute atomic E-state index is 0.0490. The monoisotopic (exact) mass is 494 g/mol. The van der Waals surface area contributed by atoms with Crippen LogP contribution in [0.3, 0.4) is 0 Å². The minimum Gasteiger partial charge on any atom is -0.308 e. The zero-order valence-electron chi connectivity index (χ0n) is 18.1. The molecule has 0 fully saturated rings. The van der Waals surface area contributed by atoms with Crippen molar-refractivity contribution in [1.82, 2.24) is 24.5 Å². The summed E-state index contributed by atoms with van der Waals surface area (Å²) in [6.45, 7) is 3.22. The van der Waals surface area contributed by atoms with Crippen LogP contribution in [0.2, 0.25) is 5.02 Å². The van der Waals surface area contributed by atoms with E-state index in [1.165, 1.54) is 6.92 Å². The minimum atomic E-state index is -3.05. The van der Waals surface area contributed by atoms with E-state index in [9.17, 15) is 22.4 Å². The van der Waals surface area contributed by atoms with Gasteiger partial charge in [0.25, 0.3) is 12.9 Å². The SMILES string of the molecule is Cc1nn(CC(=O)Nc2cc(C)n(Cc3ccccc3Cl)n2)c2nc(C(F)F)cc(C(F)F)c12. The zero-order valence-corrected chi connectivity index (χ0v) is 18.8. The maximum Gasteiger partial charge on any atom is 0.280 e. The molecule has 0 radical (unpaired) electrons. The van der Waals surface area contributed by atoms with Crippen LogP contribution in [0.1, 0.15) is 41.1 Å². The van der Waals surface area contributed by atoms with Gasteiger partial charge in [-0.3, -0.25) is 9.48 Å². The average Bonchev–Trinajstić information content (AvgIpc) is 3.27. The Morgan fingerprint density at radius 1 is 1.06 bits per heavy atom. The van der Waals surface area contributed by atoms with Gasteiger partial charge in [0.2, 0.25) is 5.91 Å². The summed E-state index contributed by atoms with van der Waals surface area (Å²) in [6.07, 6.45) is -6.05. The summed E-state index contributed by atoms with van der Waals surface area (Å²) in [5.74, 6) is -0.313. The van der Waals surface area contributed by atoms with Crippen LogP contribution in [0, 0.1) is 13.8 Å². The number of pyridine rings is 1. The van der Waals surface area contributed by atoms with Gasteiger partial charge in [-0.2, -0.15) is 10.2 Å². The van der Waals surface area contributed by atoms with Gasteiger partial charge >= 0.3 is 0 Å². The molecule has 3 aromatic heterocycles. The van der Waals surface area contributed by atoms with Crippen molar-refractivity contribution in [3.05, 3.63) is 69.6 Å². The van der Waals surface area contributed by atoms with Crippen LogP contribution in [0.5, 0.6) is 0 Å². The number of benzene rings is 1. The largest absolute Gasteiger partial charge is 0.308 e. The van der Waals surface area contributed by atoms with Crippen molar-refractivity contribution < 1.29 is 22.4 Å². The summed E-state index contributed by atoms with van der Waals surface area (Å²) >= 11 is 6.20. The first kappa shape index (κ1) is 23.7. The third-order valence-electron chi connectivity index (χ3n) is 5.21. The van der Waals surface area contributed by atoms with Crippen LogP contribution < -0.4 is 5.32 Å². The molecule has 0 aliphatic carbocycles. The van der Waals surface area contributed by atoms with Gasteiger partial charge in [-0.25, -0.2) is 27.2 Å². The zero-order chi connectivity index (χ0) is 24.6. The van der Waals surface area contributed by atoms with E-state index >= 15 is 0 Å². The lowest BCUT2D eigenvalue weighted by Gasteiger charge is -2.08. The highest BCUT2D eigenvalue weighted by Gasteiger charge is 2.24. The van der Waals surface area contributed by atoms with E-state index in [1.807, 2.05) is 25.1 Å². The molecular formula is C22H19ClF4N6O. The highest BCUT2D eigenvalue weighted by Crippen LogP contribution is 2.32. The molecule has 178 valence electrons. The van der Waals surface area contributed by atoms with E-state index in [4.69, 9.17) is 11.6 Å². The smallest absolute Gasteiger partial charge is 0.280 e. The van der Waals surface area contributed by atoms with Gasteiger partial charge < -0.3 is 5.32 Å². The number of nitrogens with zero attached hydrogens (tertiary/aromatic N) is 5. The Balaban J connectivity index is 1.57. The summed E-state index contributed by atoms with van der Waals surface area (Å²) in [5.41, 5.74) is 0.159. The number of aromatic nitrogens is 5. The molecule has 0 spiro atoms. The van der Waals surface area contributed by atoms with Crippen LogP contribution in [-0.2, 0) is 17.9 Å². The lowest BCUT2D eigenvalue weighted by atomic mass is 10.1. The number of aryl methyl sites for hydroxylation is 2. The first-order chi connectivity index (χ1) is 16.1. The quantitative estimate of drug-likeness (QED) is 0.346. The molecule has 1 N–H and O–H groups in total. The second-order valence-electron chi connectivity index (χ2n) is 7.65. The molecular weight excluding hydrogens is 476 g/mol. The van der Waals surface area contributed by atoms with Crippen LogP contribution in [-0.4, -0.2) is 30.5 Å². The van der Waals surface area contributed by atoms with Crippen molar-refractivity contribution in [3.8, 4) is 0 Å². The lowest BCUT2D eigenvalue weighted by Crippen LogP contribution is -2.20. The number of alkyl halides is 4. The topological polar surface area (TPSA) is 77.6 Å². The van der Waals surface area contributed by atoms with Crippen molar-refractivity contribution >= 4 is 34.4 Å². The molecule has 34 heavy (non-hydrogen) atoms. The predicted molar refractivity (Wildman–Crippen MR) is 118 cm³/mol. The number of rotatable bonds is 7. The molecule has 0 saturated carbocycles. The van der Waals surface area contributed by atoms with Gasteiger partial charge in [0.05, 0.1) is 17.6 Å². The fourth-order valence-electron chi connectivity index (χ4n) is 3.64. The van der Waals surface area contributed by atoms with Gasteiger partial charge in [0.15, 0.2) is 11.5 Å². The first-order valence-corrected chi connectivity index (χ1v) is 10.5. The molecule has 3 heterocycles. The van der Waals surface area contributed by atoms with Crippen molar-refractivity contribution in [2.75, 3.05) is 5.32 Å². The molecule has 0 unspecified atom stereocenters. The summed E-state index contributed by atoms with van der Waals surface area (Å²) < 4.78 is 56.1.